The van der Waals surface area contributed by atoms with Crippen molar-refractivity contribution >= 4 is 24.0 Å². The Morgan fingerprint density at radius 2 is 2.08 bits per heavy atom. The summed E-state index contributed by atoms with van der Waals surface area (Å²) in [6.45, 7) is 3.34. The molecule has 134 valence electrons. The van der Waals surface area contributed by atoms with Crippen molar-refractivity contribution in [1.82, 2.24) is 15.0 Å². The SMILES string of the molecule is Cc1ccc(N)cc1C(=O)N1CCCC(c2noc(C3CC3)n2)C1.Cl. The molecule has 0 bridgehead atoms. The van der Waals surface area contributed by atoms with Gasteiger partial charge in [0.05, 0.1) is 0 Å². The standard InChI is InChI=1S/C18H22N4O2.ClH/c1-11-4-7-14(19)9-15(11)18(23)22-8-2-3-13(10-22)16-20-17(24-21-16)12-5-6-12;/h4,7,9,12-13H,2-3,5-6,8,10,19H2,1H3;1H. The molecular formula is C18H23ClN4O2. The van der Waals surface area contributed by atoms with Crippen molar-refractivity contribution in [3.63, 3.8) is 0 Å². The number of hydrogen-bond donors (Lipinski definition) is 1. The Morgan fingerprint density at radius 1 is 1.28 bits per heavy atom. The summed E-state index contributed by atoms with van der Waals surface area (Å²) in [6, 6.07) is 5.48. The van der Waals surface area contributed by atoms with Gasteiger partial charge in [0, 0.05) is 36.2 Å². The van der Waals surface area contributed by atoms with Crippen LogP contribution in [0.1, 0.15) is 65.2 Å². The van der Waals surface area contributed by atoms with Gasteiger partial charge in [-0.3, -0.25) is 4.79 Å². The van der Waals surface area contributed by atoms with Crippen LogP contribution < -0.4 is 5.73 Å². The van der Waals surface area contributed by atoms with Crippen LogP contribution in [0.2, 0.25) is 0 Å². The van der Waals surface area contributed by atoms with Crippen LogP contribution in [0.5, 0.6) is 0 Å². The molecule has 0 spiro atoms. The van der Waals surface area contributed by atoms with Gasteiger partial charge in [-0.1, -0.05) is 11.2 Å². The average molecular weight is 363 g/mol. The zero-order valence-corrected chi connectivity index (χ0v) is 15.1. The minimum absolute atomic E-state index is 0. The second-order valence-electron chi connectivity index (χ2n) is 6.93. The van der Waals surface area contributed by atoms with Crippen LogP contribution in [0, 0.1) is 6.92 Å². The van der Waals surface area contributed by atoms with E-state index in [2.05, 4.69) is 10.1 Å². The quantitative estimate of drug-likeness (QED) is 0.847. The molecule has 1 aromatic carbocycles. The number of aryl methyl sites for hydroxylation is 1. The Labute approximate surface area is 153 Å². The summed E-state index contributed by atoms with van der Waals surface area (Å²) >= 11 is 0. The zero-order valence-electron chi connectivity index (χ0n) is 14.3. The highest BCUT2D eigenvalue weighted by Crippen LogP contribution is 2.39. The minimum atomic E-state index is 0. The Bertz CT molecular complexity index is 772. The predicted molar refractivity (Wildman–Crippen MR) is 97.0 cm³/mol. The van der Waals surface area contributed by atoms with Gasteiger partial charge in [0.25, 0.3) is 5.91 Å². The second kappa shape index (κ2) is 7.04. The van der Waals surface area contributed by atoms with E-state index < -0.39 is 0 Å². The minimum Gasteiger partial charge on any atom is -0.399 e. The number of nitrogens with zero attached hydrogens (tertiary/aromatic N) is 3. The first-order valence-corrected chi connectivity index (χ1v) is 8.60. The Balaban J connectivity index is 0.00000182. The molecule has 1 saturated heterocycles. The van der Waals surface area contributed by atoms with Gasteiger partial charge in [0.15, 0.2) is 5.82 Å². The number of benzene rings is 1. The van der Waals surface area contributed by atoms with Gasteiger partial charge in [-0.05, 0) is 50.3 Å². The van der Waals surface area contributed by atoms with Crippen LogP contribution in [0.25, 0.3) is 0 Å². The summed E-state index contributed by atoms with van der Waals surface area (Å²) in [5, 5.41) is 4.16. The number of hydrogen-bond acceptors (Lipinski definition) is 5. The second-order valence-corrected chi connectivity index (χ2v) is 6.93. The average Bonchev–Trinajstić information content (AvgIpc) is 3.33. The van der Waals surface area contributed by atoms with Gasteiger partial charge in [-0.15, -0.1) is 12.4 Å². The molecule has 2 aromatic rings. The first kappa shape index (κ1) is 17.7. The monoisotopic (exact) mass is 362 g/mol. The molecule has 1 aromatic heterocycles. The Kier molecular flexibility index (Phi) is 4.99. The highest BCUT2D eigenvalue weighted by Gasteiger charge is 2.33. The zero-order chi connectivity index (χ0) is 16.7. The van der Waals surface area contributed by atoms with Crippen LogP contribution >= 0.6 is 12.4 Å². The molecule has 1 aliphatic heterocycles. The number of carbonyl (C=O) groups excluding carboxylic acids is 1. The topological polar surface area (TPSA) is 85.3 Å². The molecule has 1 aliphatic carbocycles. The molecule has 1 atom stereocenters. The molecule has 1 amide bonds. The summed E-state index contributed by atoms with van der Waals surface area (Å²) in [5.41, 5.74) is 8.10. The highest BCUT2D eigenvalue weighted by molar-refractivity contribution is 5.96. The van der Waals surface area contributed by atoms with Gasteiger partial charge in [0.1, 0.15) is 0 Å². The van der Waals surface area contributed by atoms with Gasteiger partial charge in [0.2, 0.25) is 5.89 Å². The van der Waals surface area contributed by atoms with Crippen molar-refractivity contribution in [2.75, 3.05) is 18.8 Å². The molecule has 2 heterocycles. The molecule has 2 aliphatic rings. The first-order valence-electron chi connectivity index (χ1n) is 8.60. The van der Waals surface area contributed by atoms with E-state index in [1.54, 1.807) is 6.07 Å². The largest absolute Gasteiger partial charge is 0.399 e. The van der Waals surface area contributed by atoms with Crippen LogP contribution in [0.4, 0.5) is 5.69 Å². The molecule has 6 nitrogen and oxygen atoms in total. The highest BCUT2D eigenvalue weighted by atomic mass is 35.5. The third-order valence-electron chi connectivity index (χ3n) is 4.95. The van der Waals surface area contributed by atoms with Crippen LogP contribution in [-0.2, 0) is 0 Å². The van der Waals surface area contributed by atoms with E-state index in [0.717, 1.165) is 49.5 Å². The molecule has 1 saturated carbocycles. The number of halogens is 1. The first-order chi connectivity index (χ1) is 11.6. The summed E-state index contributed by atoms with van der Waals surface area (Å²) < 4.78 is 5.38. The number of carbonyl (C=O) groups is 1. The van der Waals surface area contributed by atoms with Crippen molar-refractivity contribution in [2.45, 2.75) is 44.4 Å². The van der Waals surface area contributed by atoms with Gasteiger partial charge >= 0.3 is 0 Å². The molecule has 2 N–H and O–H groups in total. The van der Waals surface area contributed by atoms with Crippen molar-refractivity contribution in [2.24, 2.45) is 0 Å². The number of aromatic nitrogens is 2. The van der Waals surface area contributed by atoms with Crippen LogP contribution in [0.3, 0.4) is 0 Å². The smallest absolute Gasteiger partial charge is 0.254 e. The fourth-order valence-electron chi connectivity index (χ4n) is 3.32. The molecular weight excluding hydrogens is 340 g/mol. The maximum atomic E-state index is 12.9. The fourth-order valence-corrected chi connectivity index (χ4v) is 3.32. The number of nitrogens with two attached hydrogens (primary N) is 1. The maximum Gasteiger partial charge on any atom is 0.254 e. The van der Waals surface area contributed by atoms with Gasteiger partial charge < -0.3 is 15.2 Å². The molecule has 2 fully saturated rings. The lowest BCUT2D eigenvalue weighted by Crippen LogP contribution is -2.39. The van der Waals surface area contributed by atoms with Crippen molar-refractivity contribution in [3.8, 4) is 0 Å². The van der Waals surface area contributed by atoms with E-state index in [-0.39, 0.29) is 24.2 Å². The number of anilines is 1. The lowest BCUT2D eigenvalue weighted by molar-refractivity contribution is 0.0703. The molecule has 25 heavy (non-hydrogen) atoms. The number of piperidine rings is 1. The maximum absolute atomic E-state index is 12.9. The molecule has 0 radical (unpaired) electrons. The van der Waals surface area contributed by atoms with Crippen LogP contribution in [0.15, 0.2) is 22.7 Å². The molecule has 4 rings (SSSR count). The lowest BCUT2D eigenvalue weighted by atomic mass is 9.96. The van der Waals surface area contributed by atoms with Gasteiger partial charge in [-0.25, -0.2) is 0 Å². The van der Waals surface area contributed by atoms with E-state index in [9.17, 15) is 4.79 Å². The normalized spacial score (nSPS) is 20.2. The van der Waals surface area contributed by atoms with E-state index in [4.69, 9.17) is 10.3 Å². The Morgan fingerprint density at radius 3 is 2.84 bits per heavy atom. The van der Waals surface area contributed by atoms with E-state index >= 15 is 0 Å². The van der Waals surface area contributed by atoms with E-state index in [1.807, 2.05) is 24.0 Å². The molecule has 7 heteroatoms. The predicted octanol–water partition coefficient (Wildman–Crippen LogP) is 3.28. The van der Waals surface area contributed by atoms with Crippen molar-refractivity contribution < 1.29 is 9.32 Å². The number of amides is 1. The number of rotatable bonds is 3. The van der Waals surface area contributed by atoms with Crippen molar-refractivity contribution in [1.29, 1.82) is 0 Å². The lowest BCUT2D eigenvalue weighted by Gasteiger charge is -2.31. The Hall–Kier alpha value is -2.08. The summed E-state index contributed by atoms with van der Waals surface area (Å²) in [4.78, 5) is 19.3. The molecule has 1 unspecified atom stereocenters. The van der Waals surface area contributed by atoms with E-state index in [1.165, 1.54) is 0 Å². The third kappa shape index (κ3) is 3.63. The summed E-state index contributed by atoms with van der Waals surface area (Å²) in [7, 11) is 0. The van der Waals surface area contributed by atoms with Gasteiger partial charge in [-0.2, -0.15) is 4.98 Å². The number of likely N-dealkylation sites (tertiary alicyclic amines) is 1. The third-order valence-corrected chi connectivity index (χ3v) is 4.95. The number of nitrogen functional groups attached to an aromatic ring is 1. The summed E-state index contributed by atoms with van der Waals surface area (Å²) in [6.07, 6.45) is 4.23. The van der Waals surface area contributed by atoms with Crippen LogP contribution in [-0.4, -0.2) is 34.0 Å². The summed E-state index contributed by atoms with van der Waals surface area (Å²) in [5.74, 6) is 2.16. The van der Waals surface area contributed by atoms with Crippen molar-refractivity contribution in [3.05, 3.63) is 41.0 Å². The fraction of sp³-hybridized carbons (Fsp3) is 0.500. The van der Waals surface area contributed by atoms with E-state index in [0.29, 0.717) is 23.7 Å².